The van der Waals surface area contributed by atoms with Crippen LogP contribution in [0.3, 0.4) is 0 Å². The smallest absolute Gasteiger partial charge is 0.373 e. The molecule has 9 heteroatoms. The normalized spacial score (nSPS) is 10.4. The zero-order valence-electron chi connectivity index (χ0n) is 9.94. The van der Waals surface area contributed by atoms with Crippen molar-refractivity contribution in [2.75, 3.05) is 7.11 Å². The highest BCUT2D eigenvalue weighted by molar-refractivity contribution is 5.86. The molecule has 0 spiro atoms. The molecule has 2 aromatic heterocycles. The topological polar surface area (TPSA) is 120 Å². The number of hydrogen-bond donors (Lipinski definition) is 1. The highest BCUT2D eigenvalue weighted by Gasteiger charge is 2.14. The molecule has 0 aliphatic rings. The van der Waals surface area contributed by atoms with Gasteiger partial charge >= 0.3 is 11.9 Å². The molecule has 0 saturated heterocycles. The van der Waals surface area contributed by atoms with Gasteiger partial charge in [0.2, 0.25) is 5.76 Å². The van der Waals surface area contributed by atoms with Crippen molar-refractivity contribution in [3.63, 3.8) is 0 Å². The molecular weight excluding hydrogens is 256 g/mol. The summed E-state index contributed by atoms with van der Waals surface area (Å²) >= 11 is 0. The number of aromatic nitrogens is 4. The summed E-state index contributed by atoms with van der Waals surface area (Å²) in [5.41, 5.74) is 0. The van der Waals surface area contributed by atoms with Gasteiger partial charge in [0.15, 0.2) is 5.82 Å². The summed E-state index contributed by atoms with van der Waals surface area (Å²) in [6.07, 6.45) is -0.294. The van der Waals surface area contributed by atoms with Gasteiger partial charge in [0.1, 0.15) is 18.7 Å². The number of esters is 1. The Kier molecular flexibility index (Phi) is 3.55. The van der Waals surface area contributed by atoms with Crippen LogP contribution >= 0.6 is 0 Å². The Morgan fingerprint density at radius 2 is 2.26 bits per heavy atom. The van der Waals surface area contributed by atoms with Crippen LogP contribution in [-0.4, -0.2) is 44.4 Å². The molecule has 0 bridgehead atoms. The van der Waals surface area contributed by atoms with Gasteiger partial charge in [0.25, 0.3) is 0 Å². The number of carbonyl (C=O) groups is 2. The second kappa shape index (κ2) is 5.29. The van der Waals surface area contributed by atoms with Crippen LogP contribution in [0, 0.1) is 0 Å². The Morgan fingerprint density at radius 1 is 1.47 bits per heavy atom. The van der Waals surface area contributed by atoms with Crippen molar-refractivity contribution in [3.05, 3.63) is 29.5 Å². The number of carboxylic acids is 1. The third kappa shape index (κ3) is 2.94. The van der Waals surface area contributed by atoms with Crippen molar-refractivity contribution in [1.82, 2.24) is 20.2 Å². The van der Waals surface area contributed by atoms with Gasteiger partial charge in [0.05, 0.1) is 7.11 Å². The van der Waals surface area contributed by atoms with Crippen molar-refractivity contribution >= 4 is 11.9 Å². The van der Waals surface area contributed by atoms with Crippen LogP contribution in [0.15, 0.2) is 16.5 Å². The molecule has 0 unspecified atom stereocenters. The van der Waals surface area contributed by atoms with Gasteiger partial charge in [-0.25, -0.2) is 9.48 Å². The third-order valence-electron chi connectivity index (χ3n) is 2.27. The van der Waals surface area contributed by atoms with E-state index >= 15 is 0 Å². The molecule has 0 aliphatic carbocycles. The summed E-state index contributed by atoms with van der Waals surface area (Å²) in [7, 11) is 1.25. The second-order valence-corrected chi connectivity index (χ2v) is 3.58. The van der Waals surface area contributed by atoms with Crippen LogP contribution in [-0.2, 0) is 22.5 Å². The lowest BCUT2D eigenvalue weighted by Crippen LogP contribution is -2.11. The summed E-state index contributed by atoms with van der Waals surface area (Å²) in [6.45, 7) is 0.132. The van der Waals surface area contributed by atoms with Gasteiger partial charge in [-0.1, -0.05) is 0 Å². The quantitative estimate of drug-likeness (QED) is 0.734. The van der Waals surface area contributed by atoms with E-state index in [1.54, 1.807) is 6.07 Å². The minimum Gasteiger partial charge on any atom is -0.481 e. The van der Waals surface area contributed by atoms with E-state index in [1.165, 1.54) is 17.9 Å². The number of furan rings is 1. The molecule has 0 aromatic carbocycles. The third-order valence-corrected chi connectivity index (χ3v) is 2.27. The largest absolute Gasteiger partial charge is 0.481 e. The predicted molar refractivity (Wildman–Crippen MR) is 58.3 cm³/mol. The van der Waals surface area contributed by atoms with Crippen LogP contribution in [0.2, 0.25) is 0 Å². The first-order valence-electron chi connectivity index (χ1n) is 5.24. The summed E-state index contributed by atoms with van der Waals surface area (Å²) in [4.78, 5) is 21.8. The van der Waals surface area contributed by atoms with Crippen molar-refractivity contribution in [1.29, 1.82) is 0 Å². The van der Waals surface area contributed by atoms with Gasteiger partial charge < -0.3 is 14.3 Å². The van der Waals surface area contributed by atoms with E-state index in [0.717, 1.165) is 0 Å². The number of nitrogens with zero attached hydrogens (tertiary/aromatic N) is 4. The molecule has 0 radical (unpaired) electrons. The number of aliphatic carboxylic acids is 1. The van der Waals surface area contributed by atoms with E-state index < -0.39 is 11.9 Å². The van der Waals surface area contributed by atoms with Gasteiger partial charge in [-0.3, -0.25) is 4.79 Å². The minimum absolute atomic E-state index is 0.0605. The number of ether oxygens (including phenoxy) is 1. The number of rotatable bonds is 5. The van der Waals surface area contributed by atoms with Crippen LogP contribution in [0.25, 0.3) is 0 Å². The molecule has 19 heavy (non-hydrogen) atoms. The first kappa shape index (κ1) is 12.7. The van der Waals surface area contributed by atoms with E-state index in [4.69, 9.17) is 9.52 Å². The monoisotopic (exact) mass is 266 g/mol. The fourth-order valence-corrected chi connectivity index (χ4v) is 1.43. The zero-order valence-corrected chi connectivity index (χ0v) is 9.94. The number of carboxylic acid groups (broad SMARTS) is 1. The maximum absolute atomic E-state index is 11.2. The van der Waals surface area contributed by atoms with E-state index in [0.29, 0.717) is 5.76 Å². The Labute approximate surface area is 106 Å². The van der Waals surface area contributed by atoms with Crippen LogP contribution in [0.5, 0.6) is 0 Å². The van der Waals surface area contributed by atoms with Gasteiger partial charge in [0, 0.05) is 0 Å². The highest BCUT2D eigenvalue weighted by atomic mass is 16.5. The Bertz CT molecular complexity index is 603. The van der Waals surface area contributed by atoms with E-state index in [-0.39, 0.29) is 24.6 Å². The van der Waals surface area contributed by atoms with Crippen molar-refractivity contribution in [2.45, 2.75) is 13.0 Å². The fourth-order valence-electron chi connectivity index (χ4n) is 1.43. The molecule has 0 fully saturated rings. The minimum atomic E-state index is -1.04. The molecular formula is C10H10N4O5. The standard InChI is InChI=1S/C10H10N4O5/c1-18-10(17)7-3-2-6(19-7)5-14-8(4-9(15)16)11-12-13-14/h2-3H,4-5H2,1H3,(H,15,16). The Hall–Kier alpha value is -2.71. The van der Waals surface area contributed by atoms with E-state index in [1.807, 2.05) is 0 Å². The molecule has 2 aromatic rings. The molecule has 0 amide bonds. The lowest BCUT2D eigenvalue weighted by Gasteiger charge is -2.00. The summed E-state index contributed by atoms with van der Waals surface area (Å²) < 4.78 is 11.0. The maximum Gasteiger partial charge on any atom is 0.373 e. The predicted octanol–water partition coefficient (Wildman–Crippen LogP) is -0.272. The van der Waals surface area contributed by atoms with Gasteiger partial charge in [-0.2, -0.15) is 0 Å². The molecule has 100 valence electrons. The van der Waals surface area contributed by atoms with E-state index in [9.17, 15) is 9.59 Å². The summed E-state index contributed by atoms with van der Waals surface area (Å²) in [6, 6.07) is 3.03. The average Bonchev–Trinajstić information content (AvgIpc) is 2.99. The van der Waals surface area contributed by atoms with Gasteiger partial charge in [-0.15, -0.1) is 5.10 Å². The SMILES string of the molecule is COC(=O)c1ccc(Cn2nnnc2CC(=O)O)o1. The zero-order chi connectivity index (χ0) is 13.8. The van der Waals surface area contributed by atoms with Crippen molar-refractivity contribution in [2.24, 2.45) is 0 Å². The summed E-state index contributed by atoms with van der Waals surface area (Å²) in [5, 5.41) is 19.3. The Morgan fingerprint density at radius 3 is 2.95 bits per heavy atom. The highest BCUT2D eigenvalue weighted by Crippen LogP contribution is 2.11. The molecule has 0 saturated carbocycles. The first-order valence-corrected chi connectivity index (χ1v) is 5.24. The number of hydrogen-bond acceptors (Lipinski definition) is 7. The van der Waals surface area contributed by atoms with E-state index in [2.05, 4.69) is 20.3 Å². The molecule has 0 atom stereocenters. The molecule has 1 N–H and O–H groups in total. The van der Waals surface area contributed by atoms with Crippen LogP contribution in [0.1, 0.15) is 22.1 Å². The lowest BCUT2D eigenvalue weighted by atomic mass is 10.4. The lowest BCUT2D eigenvalue weighted by molar-refractivity contribution is -0.136. The number of tetrazole rings is 1. The fraction of sp³-hybridized carbons (Fsp3) is 0.300. The molecule has 9 nitrogen and oxygen atoms in total. The van der Waals surface area contributed by atoms with Crippen LogP contribution in [0.4, 0.5) is 0 Å². The number of carbonyl (C=O) groups excluding carboxylic acids is 1. The first-order chi connectivity index (χ1) is 9.10. The maximum atomic E-state index is 11.2. The van der Waals surface area contributed by atoms with Crippen LogP contribution < -0.4 is 0 Å². The average molecular weight is 266 g/mol. The molecule has 2 heterocycles. The summed E-state index contributed by atoms with van der Waals surface area (Å²) in [5.74, 6) is -0.951. The second-order valence-electron chi connectivity index (χ2n) is 3.58. The molecule has 2 rings (SSSR count). The molecule has 0 aliphatic heterocycles. The van der Waals surface area contributed by atoms with Gasteiger partial charge in [-0.05, 0) is 22.6 Å². The van der Waals surface area contributed by atoms with Crippen molar-refractivity contribution in [3.8, 4) is 0 Å². The number of methoxy groups -OCH3 is 1. The Balaban J connectivity index is 2.13. The van der Waals surface area contributed by atoms with Crippen molar-refractivity contribution < 1.29 is 23.8 Å².